The van der Waals surface area contributed by atoms with Gasteiger partial charge in [-0.15, -0.1) is 0 Å². The van der Waals surface area contributed by atoms with Crippen molar-refractivity contribution in [1.29, 1.82) is 0 Å². The van der Waals surface area contributed by atoms with E-state index >= 15 is 0 Å². The highest BCUT2D eigenvalue weighted by molar-refractivity contribution is 7.88. The Bertz CT molecular complexity index is 594. The summed E-state index contributed by atoms with van der Waals surface area (Å²) in [5, 5.41) is 12.4. The van der Waals surface area contributed by atoms with Crippen LogP contribution in [0.4, 0.5) is 0 Å². The highest BCUT2D eigenvalue weighted by Gasteiger charge is 2.25. The van der Waals surface area contributed by atoms with Crippen molar-refractivity contribution in [2.24, 2.45) is 5.73 Å². The number of nitrogens with two attached hydrogens (primary N) is 1. The summed E-state index contributed by atoms with van der Waals surface area (Å²) in [6, 6.07) is 0.0128. The number of aryl methyl sites for hydroxylation is 1. The number of nitrogens with zero attached hydrogens (tertiary/aromatic N) is 1. The Morgan fingerprint density at radius 3 is 2.65 bits per heavy atom. The zero-order valence-corrected chi connectivity index (χ0v) is 11.5. The molecule has 0 saturated heterocycles. The van der Waals surface area contributed by atoms with E-state index in [1.165, 1.54) is 6.07 Å². The van der Waals surface area contributed by atoms with E-state index in [0.29, 0.717) is 5.76 Å². The van der Waals surface area contributed by atoms with Crippen LogP contribution in [0.3, 0.4) is 0 Å². The fraction of sp³-hybridized carbons (Fsp3) is 0.500. The van der Waals surface area contributed by atoms with Crippen molar-refractivity contribution in [2.75, 3.05) is 0 Å². The molecule has 0 saturated carbocycles. The van der Waals surface area contributed by atoms with Crippen LogP contribution < -0.4 is 10.5 Å². The molecule has 0 fully saturated rings. The van der Waals surface area contributed by atoms with E-state index in [4.69, 9.17) is 15.4 Å². The number of sulfonamides is 1. The Morgan fingerprint density at radius 1 is 1.55 bits per heavy atom. The van der Waals surface area contributed by atoms with Gasteiger partial charge in [-0.3, -0.25) is 9.59 Å². The zero-order chi connectivity index (χ0) is 15.3. The normalized spacial score (nSPS) is 13.1. The van der Waals surface area contributed by atoms with Gasteiger partial charge in [0.1, 0.15) is 23.2 Å². The van der Waals surface area contributed by atoms with Gasteiger partial charge in [0, 0.05) is 12.5 Å². The summed E-state index contributed by atoms with van der Waals surface area (Å²) < 4.78 is 30.3. The summed E-state index contributed by atoms with van der Waals surface area (Å²) in [6.45, 7) is 1.60. The second-order valence-corrected chi connectivity index (χ2v) is 5.96. The highest BCUT2D eigenvalue weighted by atomic mass is 32.2. The van der Waals surface area contributed by atoms with Gasteiger partial charge in [-0.2, -0.15) is 0 Å². The smallest absolute Gasteiger partial charge is 0.321 e. The fourth-order valence-electron chi connectivity index (χ4n) is 1.46. The number of nitrogens with one attached hydrogen (secondary N) is 1. The third kappa shape index (κ3) is 5.36. The molecule has 1 unspecified atom stereocenters. The molecule has 9 nitrogen and oxygen atoms in total. The van der Waals surface area contributed by atoms with Crippen LogP contribution in [-0.4, -0.2) is 36.6 Å². The van der Waals surface area contributed by atoms with Gasteiger partial charge < -0.3 is 15.4 Å². The Labute approximate surface area is 115 Å². The molecule has 0 bridgehead atoms. The van der Waals surface area contributed by atoms with Crippen LogP contribution in [0.5, 0.6) is 0 Å². The number of carboxylic acid groups (broad SMARTS) is 1. The molecular weight excluding hydrogens is 290 g/mol. The molecule has 0 radical (unpaired) electrons. The van der Waals surface area contributed by atoms with Crippen LogP contribution in [0, 0.1) is 6.92 Å². The average molecular weight is 305 g/mol. The molecule has 4 N–H and O–H groups in total. The molecule has 1 rings (SSSR count). The van der Waals surface area contributed by atoms with Gasteiger partial charge in [0.25, 0.3) is 0 Å². The number of carbonyl (C=O) groups excluding carboxylic acids is 1. The maximum absolute atomic E-state index is 11.8. The van der Waals surface area contributed by atoms with Gasteiger partial charge in [-0.1, -0.05) is 5.16 Å². The SMILES string of the molecule is Cc1cc(CS(=O)(=O)NC(CCC(N)=O)C(=O)O)no1. The standard InChI is InChI=1S/C10H15N3O6S/c1-6-4-7(12-19-6)5-20(17,18)13-8(10(15)16)2-3-9(11)14/h4,8,13H,2-3,5H2,1H3,(H2,11,14)(H,15,16). The van der Waals surface area contributed by atoms with Gasteiger partial charge in [0.15, 0.2) is 0 Å². The van der Waals surface area contributed by atoms with Crippen LogP contribution in [0.2, 0.25) is 0 Å². The monoisotopic (exact) mass is 305 g/mol. The van der Waals surface area contributed by atoms with Crippen molar-refractivity contribution >= 4 is 21.9 Å². The maximum Gasteiger partial charge on any atom is 0.321 e. The molecule has 0 aliphatic heterocycles. The second kappa shape index (κ2) is 6.48. The summed E-state index contributed by atoms with van der Waals surface area (Å²) in [6.07, 6.45) is -0.454. The molecule has 0 aliphatic carbocycles. The summed E-state index contributed by atoms with van der Waals surface area (Å²) >= 11 is 0. The van der Waals surface area contributed by atoms with Crippen molar-refractivity contribution < 1.29 is 27.6 Å². The maximum atomic E-state index is 11.8. The van der Waals surface area contributed by atoms with E-state index < -0.39 is 33.7 Å². The van der Waals surface area contributed by atoms with Crippen molar-refractivity contribution in [3.63, 3.8) is 0 Å². The van der Waals surface area contributed by atoms with E-state index in [9.17, 15) is 18.0 Å². The first kappa shape index (κ1) is 16.1. The Hall–Kier alpha value is -1.94. The lowest BCUT2D eigenvalue weighted by molar-refractivity contribution is -0.139. The van der Waals surface area contributed by atoms with Crippen molar-refractivity contribution in [2.45, 2.75) is 31.6 Å². The topological polar surface area (TPSA) is 153 Å². The first-order valence-electron chi connectivity index (χ1n) is 5.63. The third-order valence-electron chi connectivity index (χ3n) is 2.31. The minimum Gasteiger partial charge on any atom is -0.480 e. The summed E-state index contributed by atoms with van der Waals surface area (Å²) in [7, 11) is -3.92. The Morgan fingerprint density at radius 2 is 2.20 bits per heavy atom. The largest absolute Gasteiger partial charge is 0.480 e. The number of aromatic nitrogens is 1. The molecule has 10 heteroatoms. The molecule has 112 valence electrons. The van der Waals surface area contributed by atoms with Crippen molar-refractivity contribution in [3.8, 4) is 0 Å². The average Bonchev–Trinajstić information content (AvgIpc) is 2.68. The molecule has 1 amide bonds. The third-order valence-corrected chi connectivity index (χ3v) is 3.63. The number of hydrogen-bond acceptors (Lipinski definition) is 6. The molecule has 1 atom stereocenters. The van der Waals surface area contributed by atoms with Crippen LogP contribution >= 0.6 is 0 Å². The van der Waals surface area contributed by atoms with E-state index in [-0.39, 0.29) is 18.5 Å². The Balaban J connectivity index is 2.70. The van der Waals surface area contributed by atoms with Gasteiger partial charge in [0.05, 0.1) is 0 Å². The van der Waals surface area contributed by atoms with E-state index in [1.807, 2.05) is 4.72 Å². The molecule has 20 heavy (non-hydrogen) atoms. The Kier molecular flexibility index (Phi) is 5.22. The second-order valence-electron chi connectivity index (χ2n) is 4.20. The van der Waals surface area contributed by atoms with Crippen LogP contribution in [0.25, 0.3) is 0 Å². The van der Waals surface area contributed by atoms with Crippen LogP contribution in [0.1, 0.15) is 24.3 Å². The first-order chi connectivity index (χ1) is 9.19. The van der Waals surface area contributed by atoms with Gasteiger partial charge in [0.2, 0.25) is 15.9 Å². The highest BCUT2D eigenvalue weighted by Crippen LogP contribution is 2.07. The molecule has 1 aromatic rings. The lowest BCUT2D eigenvalue weighted by atomic mass is 10.2. The lowest BCUT2D eigenvalue weighted by Crippen LogP contribution is -2.41. The number of hydrogen-bond donors (Lipinski definition) is 3. The number of rotatable bonds is 8. The quantitative estimate of drug-likeness (QED) is 0.563. The van der Waals surface area contributed by atoms with Crippen molar-refractivity contribution in [3.05, 3.63) is 17.5 Å². The zero-order valence-electron chi connectivity index (χ0n) is 10.7. The number of aliphatic carboxylic acids is 1. The number of carbonyl (C=O) groups is 2. The summed E-state index contributed by atoms with van der Waals surface area (Å²) in [4.78, 5) is 21.5. The van der Waals surface area contributed by atoms with E-state index in [0.717, 1.165) is 0 Å². The predicted molar refractivity (Wildman–Crippen MR) is 66.9 cm³/mol. The number of carboxylic acids is 1. The van der Waals surface area contributed by atoms with Gasteiger partial charge in [-0.25, -0.2) is 13.1 Å². The van der Waals surface area contributed by atoms with Gasteiger partial charge in [-0.05, 0) is 13.3 Å². The first-order valence-corrected chi connectivity index (χ1v) is 7.28. The molecule has 1 aromatic heterocycles. The van der Waals surface area contributed by atoms with E-state index in [1.54, 1.807) is 6.92 Å². The number of primary amides is 1. The molecule has 0 aromatic carbocycles. The summed E-state index contributed by atoms with van der Waals surface area (Å²) in [5.74, 6) is -2.16. The van der Waals surface area contributed by atoms with Gasteiger partial charge >= 0.3 is 5.97 Å². The molecule has 0 aliphatic rings. The fourth-order valence-corrected chi connectivity index (χ4v) is 2.72. The minimum absolute atomic E-state index is 0.161. The van der Waals surface area contributed by atoms with E-state index in [2.05, 4.69) is 5.16 Å². The molecule has 1 heterocycles. The molecule has 0 spiro atoms. The number of amides is 1. The minimum atomic E-state index is -3.92. The van der Waals surface area contributed by atoms with Crippen LogP contribution in [-0.2, 0) is 25.4 Å². The lowest BCUT2D eigenvalue weighted by Gasteiger charge is -2.13. The summed E-state index contributed by atoms with van der Waals surface area (Å²) in [5.41, 5.74) is 5.06. The van der Waals surface area contributed by atoms with Crippen LogP contribution in [0.15, 0.2) is 10.6 Å². The van der Waals surface area contributed by atoms with Crippen molar-refractivity contribution in [1.82, 2.24) is 9.88 Å². The predicted octanol–water partition coefficient (Wildman–Crippen LogP) is -0.879. The molecular formula is C10H15N3O6S.